The Morgan fingerprint density at radius 1 is 1.38 bits per heavy atom. The third kappa shape index (κ3) is 2.86. The maximum absolute atomic E-state index is 6.24. The number of hydrogen-bond acceptors (Lipinski definition) is 2. The van der Waals surface area contributed by atoms with Crippen LogP contribution in [0.25, 0.3) is 0 Å². The zero-order valence-electron chi connectivity index (χ0n) is 8.78. The third-order valence-corrected chi connectivity index (χ3v) is 3.06. The molecule has 0 N–H and O–H groups in total. The normalized spacial score (nSPS) is 12.7. The van der Waals surface area contributed by atoms with Crippen molar-refractivity contribution in [2.75, 3.05) is 0 Å². The molecule has 1 unspecified atom stereocenters. The van der Waals surface area contributed by atoms with Gasteiger partial charge in [0, 0.05) is 18.3 Å². The monoisotopic (exact) mass is 299 g/mol. The summed E-state index contributed by atoms with van der Waals surface area (Å²) in [5.74, 6) is 0.760. The second-order valence-electron chi connectivity index (χ2n) is 3.64. The highest BCUT2D eigenvalue weighted by Gasteiger charge is 2.13. The molecule has 1 atom stereocenters. The Hall–Kier alpha value is -0.800. The Kier molecular flexibility index (Phi) is 3.66. The van der Waals surface area contributed by atoms with Crippen LogP contribution in [0.1, 0.15) is 22.4 Å². The maximum Gasteiger partial charge on any atom is 0.169 e. The number of nitrogens with zero attached hydrogens (tertiary/aromatic N) is 1. The highest BCUT2D eigenvalue weighted by atomic mass is 79.9. The molecule has 0 fully saturated rings. The Balaban J connectivity index is 2.07. The number of pyridine rings is 1. The summed E-state index contributed by atoms with van der Waals surface area (Å²) in [7, 11) is 0. The molecular weight excluding hydrogens is 289 g/mol. The first kappa shape index (κ1) is 11.7. The minimum Gasteiger partial charge on any atom is -0.453 e. The van der Waals surface area contributed by atoms with E-state index in [4.69, 9.17) is 16.0 Å². The zero-order chi connectivity index (χ0) is 11.5. The molecular formula is C12H11BrClNO. The van der Waals surface area contributed by atoms with Gasteiger partial charge in [0.25, 0.3) is 0 Å². The van der Waals surface area contributed by atoms with E-state index in [-0.39, 0.29) is 5.38 Å². The zero-order valence-corrected chi connectivity index (χ0v) is 11.1. The lowest BCUT2D eigenvalue weighted by Gasteiger charge is -2.05. The molecule has 2 aromatic heterocycles. The van der Waals surface area contributed by atoms with Crippen LogP contribution in [0.2, 0.25) is 0 Å². The highest BCUT2D eigenvalue weighted by molar-refractivity contribution is 9.10. The molecule has 0 aliphatic heterocycles. The number of alkyl halides is 1. The van der Waals surface area contributed by atoms with Gasteiger partial charge in [-0.1, -0.05) is 6.07 Å². The highest BCUT2D eigenvalue weighted by Crippen LogP contribution is 2.27. The molecule has 0 aromatic carbocycles. The second-order valence-corrected chi connectivity index (χ2v) is 4.95. The Labute approximate surface area is 108 Å². The summed E-state index contributed by atoms with van der Waals surface area (Å²) < 4.78 is 6.10. The van der Waals surface area contributed by atoms with Crippen LogP contribution in [-0.4, -0.2) is 4.98 Å². The van der Waals surface area contributed by atoms with E-state index in [1.807, 2.05) is 37.4 Å². The summed E-state index contributed by atoms with van der Waals surface area (Å²) in [6.45, 7) is 2.01. The van der Waals surface area contributed by atoms with E-state index in [2.05, 4.69) is 20.9 Å². The number of rotatable bonds is 3. The summed E-state index contributed by atoms with van der Waals surface area (Å²) >= 11 is 9.49. The van der Waals surface area contributed by atoms with E-state index >= 15 is 0 Å². The molecule has 84 valence electrons. The van der Waals surface area contributed by atoms with Gasteiger partial charge in [-0.3, -0.25) is 4.98 Å². The molecule has 2 heterocycles. The lowest BCUT2D eigenvalue weighted by Crippen LogP contribution is -1.97. The van der Waals surface area contributed by atoms with Gasteiger partial charge in [0.1, 0.15) is 5.76 Å². The molecule has 0 saturated carbocycles. The molecule has 0 amide bonds. The summed E-state index contributed by atoms with van der Waals surface area (Å²) in [6, 6.07) is 7.73. The van der Waals surface area contributed by atoms with Gasteiger partial charge < -0.3 is 4.42 Å². The lowest BCUT2D eigenvalue weighted by molar-refractivity contribution is 0.480. The van der Waals surface area contributed by atoms with E-state index in [9.17, 15) is 0 Å². The van der Waals surface area contributed by atoms with Crippen LogP contribution in [-0.2, 0) is 6.42 Å². The molecule has 4 heteroatoms. The van der Waals surface area contributed by atoms with Crippen LogP contribution in [0.4, 0.5) is 0 Å². The van der Waals surface area contributed by atoms with Crippen LogP contribution in [0.15, 0.2) is 39.5 Å². The molecule has 2 aromatic rings. The van der Waals surface area contributed by atoms with E-state index in [1.54, 1.807) is 0 Å². The molecule has 2 nitrogen and oxygen atoms in total. The number of furan rings is 1. The fourth-order valence-electron chi connectivity index (χ4n) is 1.40. The van der Waals surface area contributed by atoms with Crippen LogP contribution in [0, 0.1) is 6.92 Å². The van der Waals surface area contributed by atoms with Crippen LogP contribution in [0.3, 0.4) is 0 Å². The average molecular weight is 301 g/mol. The van der Waals surface area contributed by atoms with E-state index in [0.717, 1.165) is 17.0 Å². The minimum atomic E-state index is -0.179. The quantitative estimate of drug-likeness (QED) is 0.791. The van der Waals surface area contributed by atoms with Crippen molar-refractivity contribution in [1.29, 1.82) is 0 Å². The standard InChI is InChI=1S/C12H11BrClNO/c1-8-2-3-9(15-7-8)6-10(14)11-4-5-12(13)16-11/h2-5,7,10H,6H2,1H3. The number of aryl methyl sites for hydroxylation is 1. The topological polar surface area (TPSA) is 26.0 Å². The lowest BCUT2D eigenvalue weighted by atomic mass is 10.1. The van der Waals surface area contributed by atoms with Gasteiger partial charge in [0.15, 0.2) is 4.67 Å². The van der Waals surface area contributed by atoms with Crippen molar-refractivity contribution in [3.05, 3.63) is 52.1 Å². The van der Waals surface area contributed by atoms with Gasteiger partial charge >= 0.3 is 0 Å². The Morgan fingerprint density at radius 2 is 2.19 bits per heavy atom. The predicted molar refractivity (Wildman–Crippen MR) is 67.7 cm³/mol. The SMILES string of the molecule is Cc1ccc(CC(Cl)c2ccc(Br)o2)nc1. The Bertz CT molecular complexity index is 466. The van der Waals surface area contributed by atoms with Crippen molar-refractivity contribution in [2.24, 2.45) is 0 Å². The number of aromatic nitrogens is 1. The summed E-state index contributed by atoms with van der Waals surface area (Å²) in [5, 5.41) is -0.179. The van der Waals surface area contributed by atoms with Crippen molar-refractivity contribution in [2.45, 2.75) is 18.7 Å². The van der Waals surface area contributed by atoms with E-state index in [1.165, 1.54) is 0 Å². The molecule has 16 heavy (non-hydrogen) atoms. The van der Waals surface area contributed by atoms with Gasteiger partial charge in [-0.25, -0.2) is 0 Å². The van der Waals surface area contributed by atoms with Crippen LogP contribution < -0.4 is 0 Å². The third-order valence-electron chi connectivity index (χ3n) is 2.26. The molecule has 2 rings (SSSR count). The van der Waals surface area contributed by atoms with Gasteiger partial charge in [0.2, 0.25) is 0 Å². The van der Waals surface area contributed by atoms with Gasteiger partial charge in [0.05, 0.1) is 5.38 Å². The summed E-state index contributed by atoms with van der Waals surface area (Å²) in [4.78, 5) is 4.31. The maximum atomic E-state index is 6.24. The second kappa shape index (κ2) is 5.02. The first-order chi connectivity index (χ1) is 7.65. The summed E-state index contributed by atoms with van der Waals surface area (Å²) in [5.41, 5.74) is 2.12. The molecule has 0 spiro atoms. The Morgan fingerprint density at radius 3 is 2.75 bits per heavy atom. The average Bonchev–Trinajstić information content (AvgIpc) is 2.68. The first-order valence-electron chi connectivity index (χ1n) is 4.96. The van der Waals surface area contributed by atoms with Crippen LogP contribution >= 0.6 is 27.5 Å². The van der Waals surface area contributed by atoms with E-state index < -0.39 is 0 Å². The fourth-order valence-corrected chi connectivity index (χ4v) is 1.99. The first-order valence-corrected chi connectivity index (χ1v) is 6.19. The molecule has 0 radical (unpaired) electrons. The van der Waals surface area contributed by atoms with Crippen molar-refractivity contribution in [1.82, 2.24) is 4.98 Å². The minimum absolute atomic E-state index is 0.179. The number of hydrogen-bond donors (Lipinski definition) is 0. The number of halogens is 2. The van der Waals surface area contributed by atoms with Crippen molar-refractivity contribution in [3.8, 4) is 0 Å². The molecule has 0 aliphatic carbocycles. The fraction of sp³-hybridized carbons (Fsp3) is 0.250. The smallest absolute Gasteiger partial charge is 0.169 e. The predicted octanol–water partition coefficient (Wildman–Crippen LogP) is 4.27. The molecule has 0 aliphatic rings. The molecule has 0 saturated heterocycles. The largest absolute Gasteiger partial charge is 0.453 e. The van der Waals surface area contributed by atoms with Crippen molar-refractivity contribution in [3.63, 3.8) is 0 Å². The van der Waals surface area contributed by atoms with E-state index in [0.29, 0.717) is 11.1 Å². The van der Waals surface area contributed by atoms with Gasteiger partial charge in [-0.2, -0.15) is 0 Å². The summed E-state index contributed by atoms with van der Waals surface area (Å²) in [6.07, 6.45) is 2.51. The van der Waals surface area contributed by atoms with Crippen LogP contribution in [0.5, 0.6) is 0 Å². The molecule has 0 bridgehead atoms. The van der Waals surface area contributed by atoms with Gasteiger partial charge in [-0.15, -0.1) is 11.6 Å². The van der Waals surface area contributed by atoms with Gasteiger partial charge in [-0.05, 0) is 46.6 Å². The van der Waals surface area contributed by atoms with Crippen molar-refractivity contribution >= 4 is 27.5 Å². The van der Waals surface area contributed by atoms with Crippen molar-refractivity contribution < 1.29 is 4.42 Å².